The number of aromatic nitrogens is 1. The van der Waals surface area contributed by atoms with E-state index in [4.69, 9.17) is 9.72 Å². The molecule has 0 spiro atoms. The molecule has 1 aromatic heterocycles. The normalized spacial score (nSPS) is 16.5. The lowest BCUT2D eigenvalue weighted by Crippen LogP contribution is -2.12. The van der Waals surface area contributed by atoms with Crippen LogP contribution in [0.25, 0.3) is 10.6 Å². The van der Waals surface area contributed by atoms with Crippen molar-refractivity contribution >= 4 is 23.0 Å². The van der Waals surface area contributed by atoms with E-state index in [2.05, 4.69) is 0 Å². The molecule has 0 radical (unpaired) electrons. The van der Waals surface area contributed by atoms with E-state index in [0.717, 1.165) is 46.1 Å². The molecule has 1 aliphatic carbocycles. The van der Waals surface area contributed by atoms with Gasteiger partial charge in [-0.25, -0.2) is 9.78 Å². The summed E-state index contributed by atoms with van der Waals surface area (Å²) in [6, 6.07) is 5.72. The molecular weight excluding hydrogens is 348 g/mol. The van der Waals surface area contributed by atoms with E-state index in [0.29, 0.717) is 5.56 Å². The number of anilines is 1. The Kier molecular flexibility index (Phi) is 5.74. The predicted octanol–water partition coefficient (Wildman–Crippen LogP) is 3.98. The summed E-state index contributed by atoms with van der Waals surface area (Å²) in [5.41, 5.74) is 3.13. The number of carbonyl (C=O) groups excluding carboxylic acids is 1. The lowest BCUT2D eigenvalue weighted by Gasteiger charge is -2.15. The Balaban J connectivity index is 2.01. The number of thiazole rings is 1. The zero-order valence-corrected chi connectivity index (χ0v) is 16.2. The van der Waals surface area contributed by atoms with Crippen LogP contribution in [-0.2, 0) is 11.2 Å². The summed E-state index contributed by atoms with van der Waals surface area (Å²) in [5.74, 6) is -0.365. The first-order valence-corrected chi connectivity index (χ1v) is 9.60. The summed E-state index contributed by atoms with van der Waals surface area (Å²) in [4.78, 5) is 20.2. The van der Waals surface area contributed by atoms with Crippen LogP contribution in [0.5, 0.6) is 0 Å². The van der Waals surface area contributed by atoms with Crippen molar-refractivity contribution in [1.82, 2.24) is 4.98 Å². The fourth-order valence-electron chi connectivity index (χ4n) is 2.98. The number of fused-ring (bicyclic) bond motifs is 1. The van der Waals surface area contributed by atoms with Gasteiger partial charge in [0, 0.05) is 25.3 Å². The second-order valence-corrected chi connectivity index (χ2v) is 7.56. The Morgan fingerprint density at radius 3 is 2.96 bits per heavy atom. The van der Waals surface area contributed by atoms with E-state index >= 15 is 0 Å². The second-order valence-electron chi connectivity index (χ2n) is 6.53. The number of aliphatic hydroxyl groups excluding tert-OH is 1. The number of hydrogen-bond donors (Lipinski definition) is 1. The number of rotatable bonds is 5. The number of aliphatic hydroxyl groups is 1. The van der Waals surface area contributed by atoms with Crippen LogP contribution in [0, 0.1) is 0 Å². The van der Waals surface area contributed by atoms with E-state index < -0.39 is 6.10 Å². The first-order chi connectivity index (χ1) is 12.5. The molecule has 1 aliphatic rings. The molecule has 26 heavy (non-hydrogen) atoms. The van der Waals surface area contributed by atoms with Gasteiger partial charge in [-0.1, -0.05) is 12.2 Å². The van der Waals surface area contributed by atoms with Crippen molar-refractivity contribution in [3.63, 3.8) is 0 Å². The molecule has 0 saturated carbocycles. The molecular formula is C20H24N2O3S. The molecule has 3 rings (SSSR count). The summed E-state index contributed by atoms with van der Waals surface area (Å²) in [7, 11) is 3.87. The van der Waals surface area contributed by atoms with E-state index in [1.165, 1.54) is 11.3 Å². The maximum Gasteiger partial charge on any atom is 0.339 e. The van der Waals surface area contributed by atoms with Gasteiger partial charge in [0.1, 0.15) is 11.6 Å². The van der Waals surface area contributed by atoms with Crippen molar-refractivity contribution in [1.29, 1.82) is 0 Å². The highest BCUT2D eigenvalue weighted by Crippen LogP contribution is 2.39. The summed E-state index contributed by atoms with van der Waals surface area (Å²) >= 11 is 1.47. The van der Waals surface area contributed by atoms with E-state index in [9.17, 15) is 9.90 Å². The van der Waals surface area contributed by atoms with E-state index in [1.807, 2.05) is 50.2 Å². The van der Waals surface area contributed by atoms with Gasteiger partial charge in [-0.2, -0.15) is 0 Å². The van der Waals surface area contributed by atoms with Crippen LogP contribution < -0.4 is 4.90 Å². The van der Waals surface area contributed by atoms with Gasteiger partial charge in [-0.15, -0.1) is 11.3 Å². The van der Waals surface area contributed by atoms with Gasteiger partial charge in [0.05, 0.1) is 22.2 Å². The molecule has 5 nitrogen and oxygen atoms in total. The molecule has 6 heteroatoms. The summed E-state index contributed by atoms with van der Waals surface area (Å²) in [6.45, 7) is 2.13. The molecule has 0 aliphatic heterocycles. The number of esters is 1. The standard InChI is InChI=1S/C20H24N2O3S/c1-4-5-11-25-20(24)15-12-13(22(2)3)9-10-14(15)19-21-16-7-6-8-17(23)18(16)26-19/h4-5,9-10,12,17,23H,6-8,11H2,1-3H3. The number of nitrogens with zero attached hydrogens (tertiary/aromatic N) is 2. The van der Waals surface area contributed by atoms with E-state index in [1.54, 1.807) is 6.08 Å². The van der Waals surface area contributed by atoms with E-state index in [-0.39, 0.29) is 12.6 Å². The van der Waals surface area contributed by atoms with Crippen molar-refractivity contribution in [2.75, 3.05) is 25.6 Å². The molecule has 1 heterocycles. The number of hydrogen-bond acceptors (Lipinski definition) is 6. The fraction of sp³-hybridized carbons (Fsp3) is 0.400. The highest BCUT2D eigenvalue weighted by molar-refractivity contribution is 7.15. The number of ether oxygens (including phenoxy) is 1. The van der Waals surface area contributed by atoms with Crippen LogP contribution in [0.4, 0.5) is 5.69 Å². The molecule has 2 aromatic rings. The minimum atomic E-state index is -0.448. The first-order valence-electron chi connectivity index (χ1n) is 8.79. The highest BCUT2D eigenvalue weighted by atomic mass is 32.1. The van der Waals surface area contributed by atoms with Crippen LogP contribution in [0.15, 0.2) is 30.4 Å². The van der Waals surface area contributed by atoms with Gasteiger partial charge < -0.3 is 14.7 Å². The molecule has 1 unspecified atom stereocenters. The Labute approximate surface area is 157 Å². The zero-order chi connectivity index (χ0) is 18.7. The summed E-state index contributed by atoms with van der Waals surface area (Å²) in [5, 5.41) is 11.0. The Morgan fingerprint density at radius 1 is 1.46 bits per heavy atom. The Bertz CT molecular complexity index is 826. The summed E-state index contributed by atoms with van der Waals surface area (Å²) < 4.78 is 5.37. The average molecular weight is 372 g/mol. The smallest absolute Gasteiger partial charge is 0.339 e. The molecule has 0 saturated heterocycles. The lowest BCUT2D eigenvalue weighted by atomic mass is 10.0. The quantitative estimate of drug-likeness (QED) is 0.635. The second kappa shape index (κ2) is 8.01. The van der Waals surface area contributed by atoms with Crippen LogP contribution in [0.3, 0.4) is 0 Å². The van der Waals surface area contributed by atoms with Gasteiger partial charge in [0.25, 0.3) is 0 Å². The van der Waals surface area contributed by atoms with Crippen molar-refractivity contribution in [2.45, 2.75) is 32.3 Å². The Hall–Kier alpha value is -2.18. The number of benzene rings is 1. The van der Waals surface area contributed by atoms with Crippen LogP contribution >= 0.6 is 11.3 Å². The minimum absolute atomic E-state index is 0.244. The fourth-order valence-corrected chi connectivity index (χ4v) is 4.15. The number of aryl methyl sites for hydroxylation is 1. The summed E-state index contributed by atoms with van der Waals surface area (Å²) in [6.07, 6.45) is 5.78. The molecule has 0 bridgehead atoms. The highest BCUT2D eigenvalue weighted by Gasteiger charge is 2.25. The zero-order valence-electron chi connectivity index (χ0n) is 15.4. The molecule has 0 fully saturated rings. The molecule has 1 aromatic carbocycles. The topological polar surface area (TPSA) is 62.7 Å². The van der Waals surface area contributed by atoms with Crippen LogP contribution in [-0.4, -0.2) is 36.8 Å². The van der Waals surface area contributed by atoms with Crippen molar-refractivity contribution in [3.8, 4) is 10.6 Å². The molecule has 1 N–H and O–H groups in total. The Morgan fingerprint density at radius 2 is 2.27 bits per heavy atom. The van der Waals surface area contributed by atoms with Gasteiger partial charge in [-0.05, 0) is 44.4 Å². The predicted molar refractivity (Wildman–Crippen MR) is 105 cm³/mol. The van der Waals surface area contributed by atoms with Crippen molar-refractivity contribution in [3.05, 3.63) is 46.5 Å². The third-order valence-electron chi connectivity index (χ3n) is 4.44. The number of allylic oxidation sites excluding steroid dienone is 1. The SMILES string of the molecule is CC=CCOC(=O)c1cc(N(C)C)ccc1-c1nc2c(s1)C(O)CCC2. The van der Waals surface area contributed by atoms with Gasteiger partial charge in [0.15, 0.2) is 0 Å². The largest absolute Gasteiger partial charge is 0.458 e. The molecule has 0 amide bonds. The van der Waals surface area contributed by atoms with Crippen LogP contribution in [0.1, 0.15) is 46.8 Å². The van der Waals surface area contributed by atoms with Gasteiger partial charge in [-0.3, -0.25) is 0 Å². The molecule has 138 valence electrons. The van der Waals surface area contributed by atoms with Crippen molar-refractivity contribution in [2.24, 2.45) is 0 Å². The first kappa shape index (κ1) is 18.6. The van der Waals surface area contributed by atoms with Gasteiger partial charge >= 0.3 is 5.97 Å². The number of carbonyl (C=O) groups is 1. The van der Waals surface area contributed by atoms with Gasteiger partial charge in [0.2, 0.25) is 0 Å². The third kappa shape index (κ3) is 3.81. The molecule has 1 atom stereocenters. The monoisotopic (exact) mass is 372 g/mol. The maximum absolute atomic E-state index is 12.6. The van der Waals surface area contributed by atoms with Crippen molar-refractivity contribution < 1.29 is 14.6 Å². The lowest BCUT2D eigenvalue weighted by molar-refractivity contribution is 0.0550. The van der Waals surface area contributed by atoms with Crippen LogP contribution in [0.2, 0.25) is 0 Å². The maximum atomic E-state index is 12.6. The third-order valence-corrected chi connectivity index (χ3v) is 5.67. The minimum Gasteiger partial charge on any atom is -0.458 e. The average Bonchev–Trinajstić information content (AvgIpc) is 3.07.